The Labute approximate surface area is 180 Å². The van der Waals surface area contributed by atoms with E-state index in [1.807, 2.05) is 0 Å². The van der Waals surface area contributed by atoms with Crippen LogP contribution in [0.15, 0.2) is 48.5 Å². The standard InChI is InChI=1S/C23H25FN2O5/c1-2-30-23(29)31-20-8-6-17(7-9-20)21(27)25-15-16-10-12-26(13-11-16)22(28)18-4-3-5-19(24)14-18/h3-9,14,16H,2,10-13,15H2,1H3,(H,25,27). The number of benzene rings is 2. The van der Waals surface area contributed by atoms with Crippen molar-refractivity contribution in [2.75, 3.05) is 26.2 Å². The molecule has 1 aliphatic rings. The Morgan fingerprint density at radius 3 is 2.42 bits per heavy atom. The van der Waals surface area contributed by atoms with Gasteiger partial charge in [-0.25, -0.2) is 9.18 Å². The van der Waals surface area contributed by atoms with E-state index in [0.717, 1.165) is 12.8 Å². The van der Waals surface area contributed by atoms with Crippen LogP contribution in [0.25, 0.3) is 0 Å². The Morgan fingerprint density at radius 1 is 1.06 bits per heavy atom. The number of amides is 2. The molecule has 1 saturated heterocycles. The van der Waals surface area contributed by atoms with Crippen molar-refractivity contribution in [3.05, 3.63) is 65.5 Å². The normalized spacial score (nSPS) is 14.1. The van der Waals surface area contributed by atoms with Gasteiger partial charge in [-0.3, -0.25) is 9.59 Å². The van der Waals surface area contributed by atoms with E-state index in [2.05, 4.69) is 5.32 Å². The number of likely N-dealkylation sites (tertiary alicyclic amines) is 1. The molecule has 2 aromatic rings. The van der Waals surface area contributed by atoms with E-state index < -0.39 is 12.0 Å². The van der Waals surface area contributed by atoms with Crippen molar-refractivity contribution in [2.45, 2.75) is 19.8 Å². The molecule has 1 aliphatic heterocycles. The van der Waals surface area contributed by atoms with Crippen molar-refractivity contribution in [2.24, 2.45) is 5.92 Å². The van der Waals surface area contributed by atoms with Crippen molar-refractivity contribution in [3.63, 3.8) is 0 Å². The third-order valence-corrected chi connectivity index (χ3v) is 5.10. The Hall–Kier alpha value is -3.42. The molecule has 0 atom stereocenters. The number of halogens is 1. The summed E-state index contributed by atoms with van der Waals surface area (Å²) >= 11 is 0. The highest BCUT2D eigenvalue weighted by molar-refractivity contribution is 5.95. The zero-order chi connectivity index (χ0) is 22.2. The van der Waals surface area contributed by atoms with E-state index >= 15 is 0 Å². The molecule has 7 nitrogen and oxygen atoms in total. The highest BCUT2D eigenvalue weighted by atomic mass is 19.1. The first-order valence-electron chi connectivity index (χ1n) is 10.2. The average Bonchev–Trinajstić information content (AvgIpc) is 2.78. The summed E-state index contributed by atoms with van der Waals surface area (Å²) in [5.41, 5.74) is 0.803. The lowest BCUT2D eigenvalue weighted by Gasteiger charge is -2.32. The number of nitrogens with zero attached hydrogens (tertiary/aromatic N) is 1. The molecule has 1 N–H and O–H groups in total. The molecule has 3 rings (SSSR count). The summed E-state index contributed by atoms with van der Waals surface area (Å²) in [4.78, 5) is 37.9. The predicted molar refractivity (Wildman–Crippen MR) is 111 cm³/mol. The second-order valence-corrected chi connectivity index (χ2v) is 7.27. The van der Waals surface area contributed by atoms with E-state index in [0.29, 0.717) is 36.5 Å². The first-order valence-corrected chi connectivity index (χ1v) is 10.2. The zero-order valence-electron chi connectivity index (χ0n) is 17.3. The fraction of sp³-hybridized carbons (Fsp3) is 0.348. The van der Waals surface area contributed by atoms with Crippen molar-refractivity contribution >= 4 is 18.0 Å². The molecule has 8 heteroatoms. The number of hydrogen-bond donors (Lipinski definition) is 1. The highest BCUT2D eigenvalue weighted by Gasteiger charge is 2.24. The highest BCUT2D eigenvalue weighted by Crippen LogP contribution is 2.19. The van der Waals surface area contributed by atoms with Crippen LogP contribution in [0.5, 0.6) is 5.75 Å². The summed E-state index contributed by atoms with van der Waals surface area (Å²) in [5.74, 6) is -0.269. The summed E-state index contributed by atoms with van der Waals surface area (Å²) in [7, 11) is 0. The molecule has 2 amide bonds. The summed E-state index contributed by atoms with van der Waals surface area (Å²) < 4.78 is 23.0. The SMILES string of the molecule is CCOC(=O)Oc1ccc(C(=O)NCC2CCN(C(=O)c3cccc(F)c3)CC2)cc1. The number of ether oxygens (including phenoxy) is 2. The van der Waals surface area contributed by atoms with Gasteiger partial charge in [0.2, 0.25) is 0 Å². The molecule has 0 unspecified atom stereocenters. The smallest absolute Gasteiger partial charge is 0.434 e. The summed E-state index contributed by atoms with van der Waals surface area (Å²) in [5, 5.41) is 2.91. The molecule has 31 heavy (non-hydrogen) atoms. The van der Waals surface area contributed by atoms with Crippen molar-refractivity contribution in [1.29, 1.82) is 0 Å². The summed E-state index contributed by atoms with van der Waals surface area (Å²) in [6.45, 7) is 3.53. The molecular formula is C23H25FN2O5. The van der Waals surface area contributed by atoms with E-state index in [9.17, 15) is 18.8 Å². The second-order valence-electron chi connectivity index (χ2n) is 7.27. The lowest BCUT2D eigenvalue weighted by molar-refractivity contribution is 0.0683. The van der Waals surface area contributed by atoms with Gasteiger partial charge in [-0.15, -0.1) is 0 Å². The van der Waals surface area contributed by atoms with Gasteiger partial charge in [0.1, 0.15) is 11.6 Å². The van der Waals surface area contributed by atoms with Crippen LogP contribution in [0.2, 0.25) is 0 Å². The van der Waals surface area contributed by atoms with E-state index in [1.54, 1.807) is 30.0 Å². The topological polar surface area (TPSA) is 84.9 Å². The van der Waals surface area contributed by atoms with Gasteiger partial charge < -0.3 is 19.7 Å². The summed E-state index contributed by atoms with van der Waals surface area (Å²) in [6.07, 6.45) is 0.725. The fourth-order valence-electron chi connectivity index (χ4n) is 3.40. The van der Waals surface area contributed by atoms with Gasteiger partial charge in [-0.1, -0.05) is 6.07 Å². The van der Waals surface area contributed by atoms with Gasteiger partial charge in [-0.05, 0) is 68.1 Å². The molecule has 2 aromatic carbocycles. The molecule has 0 saturated carbocycles. The number of carbonyl (C=O) groups is 3. The maximum Gasteiger partial charge on any atom is 0.513 e. The van der Waals surface area contributed by atoms with Crippen LogP contribution in [0.3, 0.4) is 0 Å². The van der Waals surface area contributed by atoms with E-state index in [-0.39, 0.29) is 24.3 Å². The number of rotatable bonds is 6. The second kappa shape index (κ2) is 10.6. The van der Waals surface area contributed by atoms with Crippen LogP contribution in [0.1, 0.15) is 40.5 Å². The van der Waals surface area contributed by atoms with Gasteiger partial charge >= 0.3 is 6.16 Å². The monoisotopic (exact) mass is 428 g/mol. The first kappa shape index (κ1) is 22.3. The van der Waals surface area contributed by atoms with Crippen LogP contribution >= 0.6 is 0 Å². The fourth-order valence-corrected chi connectivity index (χ4v) is 3.40. The van der Waals surface area contributed by atoms with Crippen LogP contribution in [0, 0.1) is 11.7 Å². The predicted octanol–water partition coefficient (Wildman–Crippen LogP) is 3.64. The lowest BCUT2D eigenvalue weighted by atomic mass is 9.96. The van der Waals surface area contributed by atoms with Gasteiger partial charge in [-0.2, -0.15) is 0 Å². The van der Waals surface area contributed by atoms with Crippen LogP contribution in [-0.4, -0.2) is 49.1 Å². The third kappa shape index (κ3) is 6.28. The van der Waals surface area contributed by atoms with Gasteiger partial charge in [0.15, 0.2) is 0 Å². The Balaban J connectivity index is 1.43. The number of nitrogens with one attached hydrogen (secondary N) is 1. The summed E-state index contributed by atoms with van der Waals surface area (Å²) in [6, 6.07) is 11.9. The zero-order valence-corrected chi connectivity index (χ0v) is 17.3. The van der Waals surface area contributed by atoms with Gasteiger partial charge in [0.05, 0.1) is 6.61 Å². The molecule has 0 bridgehead atoms. The Bertz CT molecular complexity index is 924. The van der Waals surface area contributed by atoms with Crippen LogP contribution in [0.4, 0.5) is 9.18 Å². The average molecular weight is 428 g/mol. The minimum Gasteiger partial charge on any atom is -0.434 e. The molecule has 0 radical (unpaired) electrons. The largest absolute Gasteiger partial charge is 0.513 e. The minimum atomic E-state index is -0.790. The van der Waals surface area contributed by atoms with Crippen molar-refractivity contribution in [1.82, 2.24) is 10.2 Å². The molecule has 0 spiro atoms. The lowest BCUT2D eigenvalue weighted by Crippen LogP contribution is -2.41. The van der Waals surface area contributed by atoms with Crippen LogP contribution in [-0.2, 0) is 4.74 Å². The molecule has 1 heterocycles. The van der Waals surface area contributed by atoms with Gasteiger partial charge in [0.25, 0.3) is 11.8 Å². The minimum absolute atomic E-state index is 0.174. The van der Waals surface area contributed by atoms with E-state index in [1.165, 1.54) is 30.3 Å². The number of carbonyl (C=O) groups excluding carboxylic acids is 3. The molecular weight excluding hydrogens is 403 g/mol. The first-order chi connectivity index (χ1) is 15.0. The Kier molecular flexibility index (Phi) is 7.59. The van der Waals surface area contributed by atoms with Crippen molar-refractivity contribution < 1.29 is 28.2 Å². The van der Waals surface area contributed by atoms with E-state index in [4.69, 9.17) is 9.47 Å². The van der Waals surface area contributed by atoms with Crippen LogP contribution < -0.4 is 10.1 Å². The Morgan fingerprint density at radius 2 is 1.77 bits per heavy atom. The molecule has 164 valence electrons. The van der Waals surface area contributed by atoms with Crippen molar-refractivity contribution in [3.8, 4) is 5.75 Å². The van der Waals surface area contributed by atoms with Gasteiger partial charge in [0, 0.05) is 30.8 Å². The molecule has 1 fully saturated rings. The third-order valence-electron chi connectivity index (χ3n) is 5.10. The maximum atomic E-state index is 13.3. The number of hydrogen-bond acceptors (Lipinski definition) is 5. The molecule has 0 aromatic heterocycles. The maximum absolute atomic E-state index is 13.3. The number of piperidine rings is 1. The quantitative estimate of drug-likeness (QED) is 0.561. The molecule has 0 aliphatic carbocycles.